The van der Waals surface area contributed by atoms with E-state index in [0.717, 1.165) is 26.3 Å². The molecule has 6 rings (SSSR count). The number of rotatable bonds is 5. The Balaban J connectivity index is 0.00000123. The van der Waals surface area contributed by atoms with E-state index in [0.29, 0.717) is 39.1 Å². The highest BCUT2D eigenvalue weighted by Crippen LogP contribution is 2.36. The number of ether oxygens (including phenoxy) is 1. The van der Waals surface area contributed by atoms with Gasteiger partial charge in [0, 0.05) is 40.8 Å². The lowest BCUT2D eigenvalue weighted by Gasteiger charge is -2.14. The molecule has 12 heteroatoms. The van der Waals surface area contributed by atoms with Gasteiger partial charge < -0.3 is 15.0 Å². The van der Waals surface area contributed by atoms with Gasteiger partial charge >= 0.3 is 6.03 Å². The third kappa shape index (κ3) is 6.54. The van der Waals surface area contributed by atoms with Gasteiger partial charge in [0.1, 0.15) is 22.1 Å². The molecule has 0 atom stereocenters. The smallest absolute Gasteiger partial charge is 0.324 e. The number of aromatic amines is 1. The number of alkyl halides is 1. The molecular weight excluding hydrogens is 677 g/mol. The number of amides is 2. The lowest BCUT2D eigenvalue weighted by atomic mass is 9.92. The fourth-order valence-electron chi connectivity index (χ4n) is 4.40. The number of aryl methyl sites for hydroxylation is 1. The second kappa shape index (κ2) is 12.5. The van der Waals surface area contributed by atoms with Crippen molar-refractivity contribution in [1.82, 2.24) is 24.7 Å². The standard InChI is InChI=1S/C30H27N7O3S.CH3I/c1-17-9-12-26(41-17)37-24(15-23(36-37)30(2,3)4)34-29(39)33-20-10-11-21(19-8-6-5-7-18(19)20)40-22-13-14-31-28-27(22)32-16-25(38)35-28;1-2/h5-16H,1-4H3,(H,31,35,38)(H2,33,34,39);1H3/i;1D. The van der Waals surface area contributed by atoms with Crippen molar-refractivity contribution < 1.29 is 10.9 Å². The van der Waals surface area contributed by atoms with E-state index in [1.807, 2.05) is 72.0 Å². The third-order valence-corrected chi connectivity index (χ3v) is 7.42. The van der Waals surface area contributed by atoms with Crippen molar-refractivity contribution in [2.75, 3.05) is 15.5 Å². The number of aromatic nitrogens is 5. The van der Waals surface area contributed by atoms with Crippen LogP contribution < -0.4 is 20.9 Å². The Morgan fingerprint density at radius 2 is 1.81 bits per heavy atom. The van der Waals surface area contributed by atoms with Crippen LogP contribution in [-0.2, 0) is 5.41 Å². The number of nitrogens with one attached hydrogen (secondary N) is 3. The second-order valence-electron chi connectivity index (χ2n) is 10.6. The van der Waals surface area contributed by atoms with Gasteiger partial charge in [0.15, 0.2) is 11.4 Å². The van der Waals surface area contributed by atoms with E-state index in [1.54, 1.807) is 40.4 Å². The molecule has 0 fully saturated rings. The average Bonchev–Trinajstić information content (AvgIpc) is 3.61. The fraction of sp³-hybridized carbons (Fsp3) is 0.194. The average molecular weight is 709 g/mol. The number of nitrogens with zero attached hydrogens (tertiary/aromatic N) is 4. The summed E-state index contributed by atoms with van der Waals surface area (Å²) in [5, 5.41) is 13.3. The second-order valence-corrected chi connectivity index (χ2v) is 11.8. The molecule has 2 amide bonds. The van der Waals surface area contributed by atoms with Gasteiger partial charge in [-0.1, -0.05) is 67.6 Å². The highest BCUT2D eigenvalue weighted by atomic mass is 127. The molecule has 43 heavy (non-hydrogen) atoms. The number of anilines is 2. The number of benzene rings is 2. The van der Waals surface area contributed by atoms with Crippen LogP contribution in [0.1, 0.15) is 32.7 Å². The number of hydrogen-bond donors (Lipinski definition) is 3. The van der Waals surface area contributed by atoms with Crippen LogP contribution in [0.3, 0.4) is 0 Å². The summed E-state index contributed by atoms with van der Waals surface area (Å²) in [7, 11) is 0. The van der Waals surface area contributed by atoms with Crippen LogP contribution in [0.4, 0.5) is 16.3 Å². The van der Waals surface area contributed by atoms with Gasteiger partial charge in [-0.25, -0.2) is 19.4 Å². The maximum absolute atomic E-state index is 13.3. The first-order valence-electron chi connectivity index (χ1n) is 13.9. The highest BCUT2D eigenvalue weighted by molar-refractivity contribution is 14.1. The molecule has 4 heterocycles. The SMILES string of the molecule is Cc1ccc(-n2nc(C(C)(C)C)cc2NC(=O)Nc2ccc(Oc3ccnc4[nH]c(=O)cnc34)c3ccccc23)s1.[2H]CI. The molecule has 0 spiro atoms. The Bertz CT molecular complexity index is 2020. The number of carbonyl (C=O) groups excluding carboxylic acids is 1. The van der Waals surface area contributed by atoms with Crippen LogP contribution in [0.25, 0.3) is 26.9 Å². The molecule has 0 unspecified atom stereocenters. The first-order chi connectivity index (χ1) is 21.1. The number of urea groups is 1. The summed E-state index contributed by atoms with van der Waals surface area (Å²) in [5.41, 5.74) is 1.71. The zero-order chi connectivity index (χ0) is 31.4. The summed E-state index contributed by atoms with van der Waals surface area (Å²) in [6.45, 7) is 8.30. The Hall–Kier alpha value is -4.30. The first-order valence-corrected chi connectivity index (χ1v) is 15.6. The molecule has 10 nitrogen and oxygen atoms in total. The molecular formula is C31H30IN7O3S. The number of H-pyrrole nitrogens is 1. The van der Waals surface area contributed by atoms with E-state index in [-0.39, 0.29) is 11.0 Å². The van der Waals surface area contributed by atoms with Crippen molar-refractivity contribution in [3.05, 3.63) is 94.0 Å². The molecule has 0 saturated carbocycles. The molecule has 4 aromatic heterocycles. The van der Waals surface area contributed by atoms with Crippen molar-refractivity contribution in [3.8, 4) is 16.5 Å². The van der Waals surface area contributed by atoms with Gasteiger partial charge in [0.25, 0.3) is 5.56 Å². The summed E-state index contributed by atoms with van der Waals surface area (Å²) in [5.74, 6) is 1.59. The molecule has 3 N–H and O–H groups in total. The van der Waals surface area contributed by atoms with Crippen LogP contribution in [0.15, 0.2) is 77.9 Å². The number of hydrogen-bond acceptors (Lipinski definition) is 7. The molecule has 0 radical (unpaired) electrons. The van der Waals surface area contributed by atoms with Gasteiger partial charge in [-0.2, -0.15) is 5.10 Å². The highest BCUT2D eigenvalue weighted by Gasteiger charge is 2.22. The van der Waals surface area contributed by atoms with E-state index in [1.165, 1.54) is 6.20 Å². The minimum Gasteiger partial charge on any atom is -0.454 e. The van der Waals surface area contributed by atoms with Crippen molar-refractivity contribution in [2.45, 2.75) is 33.1 Å². The van der Waals surface area contributed by atoms with Crippen molar-refractivity contribution in [1.29, 1.82) is 0 Å². The predicted octanol–water partition coefficient (Wildman–Crippen LogP) is 7.81. The van der Waals surface area contributed by atoms with E-state index in [9.17, 15) is 9.59 Å². The zero-order valence-electron chi connectivity index (χ0n) is 24.9. The molecule has 2 aromatic carbocycles. The Labute approximate surface area is 267 Å². The minimum atomic E-state index is -0.396. The molecule has 0 bridgehead atoms. The summed E-state index contributed by atoms with van der Waals surface area (Å²) < 4.78 is 14.2. The van der Waals surface area contributed by atoms with Crippen LogP contribution in [0.5, 0.6) is 11.5 Å². The van der Waals surface area contributed by atoms with Gasteiger partial charge in [0.05, 0.1) is 17.6 Å². The first kappa shape index (κ1) is 28.8. The minimum absolute atomic E-state index is 0.193. The largest absolute Gasteiger partial charge is 0.454 e. The van der Waals surface area contributed by atoms with Crippen LogP contribution in [0.2, 0.25) is 0 Å². The molecule has 0 aliphatic heterocycles. The summed E-state index contributed by atoms with van der Waals surface area (Å²) in [6, 6.07) is 18.4. The van der Waals surface area contributed by atoms with Gasteiger partial charge in [-0.05, 0) is 36.1 Å². The predicted molar refractivity (Wildman–Crippen MR) is 182 cm³/mol. The quantitative estimate of drug-likeness (QED) is 0.124. The lowest BCUT2D eigenvalue weighted by molar-refractivity contribution is 0.262. The summed E-state index contributed by atoms with van der Waals surface area (Å²) in [6.07, 6.45) is 2.74. The van der Waals surface area contributed by atoms with Gasteiger partial charge in [-0.15, -0.1) is 11.3 Å². The van der Waals surface area contributed by atoms with Crippen molar-refractivity contribution in [2.24, 2.45) is 0 Å². The molecule has 0 aliphatic rings. The van der Waals surface area contributed by atoms with E-state index < -0.39 is 6.03 Å². The fourth-order valence-corrected chi connectivity index (χ4v) is 5.23. The maximum Gasteiger partial charge on any atom is 0.324 e. The van der Waals surface area contributed by atoms with Gasteiger partial charge in [0.2, 0.25) is 0 Å². The zero-order valence-corrected chi connectivity index (χ0v) is 26.9. The Morgan fingerprint density at radius 3 is 2.53 bits per heavy atom. The Kier molecular flexibility index (Phi) is 8.38. The normalized spacial score (nSPS) is 11.5. The molecule has 6 aromatic rings. The Morgan fingerprint density at radius 1 is 1.05 bits per heavy atom. The third-order valence-electron chi connectivity index (χ3n) is 6.45. The van der Waals surface area contributed by atoms with Crippen LogP contribution in [-0.4, -0.2) is 35.7 Å². The molecule has 220 valence electrons. The van der Waals surface area contributed by atoms with E-state index in [2.05, 4.69) is 46.4 Å². The van der Waals surface area contributed by atoms with Gasteiger partial charge in [-0.3, -0.25) is 10.1 Å². The number of thiophene rings is 1. The van der Waals surface area contributed by atoms with Crippen molar-refractivity contribution >= 4 is 73.4 Å². The van der Waals surface area contributed by atoms with Crippen molar-refractivity contribution in [3.63, 3.8) is 0 Å². The number of fused-ring (bicyclic) bond motifs is 2. The number of pyridine rings is 1. The summed E-state index contributed by atoms with van der Waals surface area (Å²) in [4.78, 5) is 37.6. The lowest BCUT2D eigenvalue weighted by Crippen LogP contribution is -2.21. The topological polar surface area (TPSA) is 127 Å². The van der Waals surface area contributed by atoms with E-state index >= 15 is 0 Å². The number of halogens is 1. The van der Waals surface area contributed by atoms with Crippen LogP contribution in [0, 0.1) is 6.92 Å². The monoisotopic (exact) mass is 708 g/mol. The number of carbonyl (C=O) groups is 1. The molecule has 0 aliphatic carbocycles. The molecule has 0 saturated heterocycles. The van der Waals surface area contributed by atoms with Crippen LogP contribution >= 0.6 is 33.9 Å². The maximum atomic E-state index is 13.3. The summed E-state index contributed by atoms with van der Waals surface area (Å²) >= 11 is 3.56. The van der Waals surface area contributed by atoms with E-state index in [4.69, 9.17) is 11.2 Å².